The maximum Gasteiger partial charge on any atom is 0.125 e. The van der Waals surface area contributed by atoms with E-state index in [4.69, 9.17) is 0 Å². The highest BCUT2D eigenvalue weighted by molar-refractivity contribution is 5.34. The van der Waals surface area contributed by atoms with Gasteiger partial charge < -0.3 is 0 Å². The summed E-state index contributed by atoms with van der Waals surface area (Å²) in [5, 5.41) is 0. The normalized spacial score (nSPS) is 28.4. The molecule has 1 saturated heterocycles. The van der Waals surface area contributed by atoms with Gasteiger partial charge in [-0.2, -0.15) is 0 Å². The SMILES string of the molecule is Cc1ncc(C23CC2CN(Cc2ccccc2)C3)cn1. The van der Waals surface area contributed by atoms with Crippen LogP contribution >= 0.6 is 0 Å². The molecule has 1 aromatic carbocycles. The van der Waals surface area contributed by atoms with E-state index in [1.54, 1.807) is 0 Å². The minimum atomic E-state index is 0.350. The van der Waals surface area contributed by atoms with Crippen molar-refractivity contribution in [3.63, 3.8) is 0 Å². The van der Waals surface area contributed by atoms with Gasteiger partial charge in [0.1, 0.15) is 5.82 Å². The topological polar surface area (TPSA) is 29.0 Å². The number of aromatic nitrogens is 2. The second-order valence-corrected chi connectivity index (χ2v) is 6.23. The molecule has 2 atom stereocenters. The standard InChI is InChI=1S/C17H19N3/c1-13-18-8-16(9-19-13)17-7-15(17)11-20(12-17)10-14-5-3-2-4-6-14/h2-6,8-9,15H,7,10-12H2,1H3. The smallest absolute Gasteiger partial charge is 0.125 e. The van der Waals surface area contributed by atoms with E-state index < -0.39 is 0 Å². The molecule has 0 amide bonds. The Morgan fingerprint density at radius 2 is 1.95 bits per heavy atom. The van der Waals surface area contributed by atoms with Crippen molar-refractivity contribution in [2.45, 2.75) is 25.3 Å². The summed E-state index contributed by atoms with van der Waals surface area (Å²) in [6, 6.07) is 10.7. The zero-order chi connectivity index (χ0) is 13.6. The average molecular weight is 265 g/mol. The van der Waals surface area contributed by atoms with Crippen LogP contribution in [0.15, 0.2) is 42.7 Å². The number of rotatable bonds is 3. The van der Waals surface area contributed by atoms with Gasteiger partial charge in [-0.1, -0.05) is 30.3 Å². The highest BCUT2D eigenvalue weighted by Crippen LogP contribution is 2.58. The monoisotopic (exact) mass is 265 g/mol. The van der Waals surface area contributed by atoms with Crippen molar-refractivity contribution in [2.24, 2.45) is 5.92 Å². The second-order valence-electron chi connectivity index (χ2n) is 6.23. The first kappa shape index (κ1) is 12.0. The molecule has 0 spiro atoms. The Morgan fingerprint density at radius 1 is 1.20 bits per heavy atom. The highest BCUT2D eigenvalue weighted by atomic mass is 15.2. The zero-order valence-electron chi connectivity index (χ0n) is 11.8. The molecule has 0 N–H and O–H groups in total. The van der Waals surface area contributed by atoms with Crippen LogP contribution in [0.25, 0.3) is 0 Å². The van der Waals surface area contributed by atoms with Crippen LogP contribution in [0.1, 0.15) is 23.4 Å². The van der Waals surface area contributed by atoms with Gasteiger partial charge in [-0.3, -0.25) is 4.90 Å². The van der Waals surface area contributed by atoms with Crippen molar-refractivity contribution in [1.82, 2.24) is 14.9 Å². The first-order valence-electron chi connectivity index (χ1n) is 7.32. The molecule has 2 aliphatic rings. The number of nitrogens with zero attached hydrogens (tertiary/aromatic N) is 3. The Balaban J connectivity index is 1.50. The molecule has 20 heavy (non-hydrogen) atoms. The van der Waals surface area contributed by atoms with E-state index in [9.17, 15) is 0 Å². The summed E-state index contributed by atoms with van der Waals surface area (Å²) in [6.07, 6.45) is 5.38. The molecule has 2 aromatic rings. The van der Waals surface area contributed by atoms with E-state index in [0.29, 0.717) is 5.41 Å². The zero-order valence-corrected chi connectivity index (χ0v) is 11.8. The van der Waals surface area contributed by atoms with Gasteiger partial charge in [0.25, 0.3) is 0 Å². The van der Waals surface area contributed by atoms with Gasteiger partial charge in [0.2, 0.25) is 0 Å². The number of likely N-dealkylation sites (tertiary alicyclic amines) is 1. The number of fused-ring (bicyclic) bond motifs is 1. The summed E-state index contributed by atoms with van der Waals surface area (Å²) in [4.78, 5) is 11.3. The summed E-state index contributed by atoms with van der Waals surface area (Å²) in [7, 11) is 0. The van der Waals surface area contributed by atoms with Crippen LogP contribution in [0.3, 0.4) is 0 Å². The first-order valence-corrected chi connectivity index (χ1v) is 7.32. The summed E-state index contributed by atoms with van der Waals surface area (Å²) in [6.45, 7) is 5.37. The van der Waals surface area contributed by atoms with Gasteiger partial charge in [0.15, 0.2) is 0 Å². The summed E-state index contributed by atoms with van der Waals surface area (Å²) >= 11 is 0. The predicted molar refractivity (Wildman–Crippen MR) is 78.3 cm³/mol. The Hall–Kier alpha value is -1.74. The molecular weight excluding hydrogens is 246 g/mol. The van der Waals surface area contributed by atoms with Crippen molar-refractivity contribution in [2.75, 3.05) is 13.1 Å². The van der Waals surface area contributed by atoms with Gasteiger partial charge in [-0.15, -0.1) is 0 Å². The Morgan fingerprint density at radius 3 is 2.70 bits per heavy atom. The van der Waals surface area contributed by atoms with Gasteiger partial charge >= 0.3 is 0 Å². The van der Waals surface area contributed by atoms with Gasteiger partial charge in [-0.05, 0) is 30.4 Å². The lowest BCUT2D eigenvalue weighted by Gasteiger charge is -2.20. The summed E-state index contributed by atoms with van der Waals surface area (Å²) < 4.78 is 0. The molecule has 102 valence electrons. The fraction of sp³-hybridized carbons (Fsp3) is 0.412. The molecular formula is C17H19N3. The molecule has 2 heterocycles. The minimum Gasteiger partial charge on any atom is -0.298 e. The third-order valence-electron chi connectivity index (χ3n) is 4.82. The quantitative estimate of drug-likeness (QED) is 0.854. The van der Waals surface area contributed by atoms with E-state index in [2.05, 4.69) is 45.2 Å². The van der Waals surface area contributed by atoms with Crippen LogP contribution in [0, 0.1) is 12.8 Å². The largest absolute Gasteiger partial charge is 0.298 e. The van der Waals surface area contributed by atoms with Crippen LogP contribution in [-0.4, -0.2) is 28.0 Å². The lowest BCUT2D eigenvalue weighted by Crippen LogP contribution is -2.26. The van der Waals surface area contributed by atoms with Gasteiger partial charge in [-0.25, -0.2) is 9.97 Å². The number of benzene rings is 1. The van der Waals surface area contributed by atoms with Crippen molar-refractivity contribution in [1.29, 1.82) is 0 Å². The molecule has 1 saturated carbocycles. The van der Waals surface area contributed by atoms with E-state index in [0.717, 1.165) is 24.8 Å². The van der Waals surface area contributed by atoms with Crippen molar-refractivity contribution in [3.8, 4) is 0 Å². The van der Waals surface area contributed by atoms with Crippen LogP contribution in [0.2, 0.25) is 0 Å². The van der Waals surface area contributed by atoms with E-state index in [-0.39, 0.29) is 0 Å². The molecule has 2 unspecified atom stereocenters. The number of aryl methyl sites for hydroxylation is 1. The van der Waals surface area contributed by atoms with Crippen LogP contribution in [0.4, 0.5) is 0 Å². The Bertz CT molecular complexity index is 608. The molecule has 4 rings (SSSR count). The van der Waals surface area contributed by atoms with Crippen molar-refractivity contribution >= 4 is 0 Å². The predicted octanol–water partition coefficient (Wildman–Crippen LogP) is 2.56. The molecule has 2 fully saturated rings. The third kappa shape index (κ3) is 1.93. The fourth-order valence-electron chi connectivity index (χ4n) is 3.65. The Kier molecular flexibility index (Phi) is 2.64. The van der Waals surface area contributed by atoms with E-state index in [1.165, 1.54) is 24.1 Å². The van der Waals surface area contributed by atoms with Crippen molar-refractivity contribution in [3.05, 3.63) is 59.7 Å². The van der Waals surface area contributed by atoms with Crippen LogP contribution in [0.5, 0.6) is 0 Å². The minimum absolute atomic E-state index is 0.350. The molecule has 1 aromatic heterocycles. The molecule has 1 aliphatic heterocycles. The lowest BCUT2D eigenvalue weighted by atomic mass is 9.98. The van der Waals surface area contributed by atoms with Crippen LogP contribution in [-0.2, 0) is 12.0 Å². The molecule has 0 bridgehead atoms. The number of hydrogen-bond acceptors (Lipinski definition) is 3. The summed E-state index contributed by atoms with van der Waals surface area (Å²) in [5.41, 5.74) is 3.09. The average Bonchev–Trinajstić information content (AvgIpc) is 3.04. The molecule has 3 nitrogen and oxygen atoms in total. The third-order valence-corrected chi connectivity index (χ3v) is 4.82. The molecule has 3 heteroatoms. The van der Waals surface area contributed by atoms with Gasteiger partial charge in [0, 0.05) is 37.4 Å². The molecule has 0 radical (unpaired) electrons. The second kappa shape index (κ2) is 4.38. The Labute approximate surface area is 119 Å². The van der Waals surface area contributed by atoms with Crippen molar-refractivity contribution < 1.29 is 0 Å². The van der Waals surface area contributed by atoms with E-state index >= 15 is 0 Å². The fourth-order valence-corrected chi connectivity index (χ4v) is 3.65. The van der Waals surface area contributed by atoms with Crippen LogP contribution < -0.4 is 0 Å². The first-order chi connectivity index (χ1) is 9.76. The maximum atomic E-state index is 4.37. The maximum absolute atomic E-state index is 4.37. The number of piperidine rings is 1. The highest BCUT2D eigenvalue weighted by Gasteiger charge is 2.60. The lowest BCUT2D eigenvalue weighted by molar-refractivity contribution is 0.290. The molecule has 1 aliphatic carbocycles. The van der Waals surface area contributed by atoms with E-state index in [1.807, 2.05) is 19.3 Å². The number of hydrogen-bond donors (Lipinski definition) is 0. The summed E-state index contributed by atoms with van der Waals surface area (Å²) in [5.74, 6) is 1.67. The van der Waals surface area contributed by atoms with Gasteiger partial charge in [0.05, 0.1) is 0 Å².